The van der Waals surface area contributed by atoms with E-state index in [1.54, 1.807) is 19.2 Å². The predicted molar refractivity (Wildman–Crippen MR) is 78.0 cm³/mol. The highest BCUT2D eigenvalue weighted by Crippen LogP contribution is 2.18. The molecule has 2 rings (SSSR count). The Balaban J connectivity index is 2.01. The number of anilines is 2. The van der Waals surface area contributed by atoms with Gasteiger partial charge in [-0.05, 0) is 18.1 Å². The molecule has 0 bridgehead atoms. The summed E-state index contributed by atoms with van der Waals surface area (Å²) in [6.45, 7) is 4.22. The van der Waals surface area contributed by atoms with Crippen LogP contribution in [0.4, 0.5) is 10.9 Å². The average molecular weight is 292 g/mol. The van der Waals surface area contributed by atoms with Gasteiger partial charge in [-0.1, -0.05) is 25.2 Å². The molecule has 106 valence electrons. The van der Waals surface area contributed by atoms with Crippen LogP contribution >= 0.6 is 11.3 Å². The normalized spacial score (nSPS) is 10.6. The molecule has 7 nitrogen and oxygen atoms in total. The van der Waals surface area contributed by atoms with E-state index in [1.807, 2.05) is 0 Å². The van der Waals surface area contributed by atoms with Gasteiger partial charge in [0, 0.05) is 13.5 Å². The molecule has 8 heteroatoms. The minimum atomic E-state index is -0.340. The minimum absolute atomic E-state index is 0.240. The molecule has 0 saturated heterocycles. The lowest BCUT2D eigenvalue weighted by Gasteiger charge is -2.01. The maximum Gasteiger partial charge on any atom is 0.278 e. The van der Waals surface area contributed by atoms with Crippen LogP contribution in [0.15, 0.2) is 12.1 Å². The third-order valence-corrected chi connectivity index (χ3v) is 3.28. The topological polar surface area (TPSA) is 92.7 Å². The fraction of sp³-hybridized carbons (Fsp3) is 0.417. The zero-order valence-electron chi connectivity index (χ0n) is 11.5. The highest BCUT2D eigenvalue weighted by molar-refractivity contribution is 7.15. The molecule has 0 aromatic carbocycles. The SMILES string of the molecule is CNc1ccc(C(=O)Nc2nnc(CC(C)C)s2)nn1. The Morgan fingerprint density at radius 2 is 2.05 bits per heavy atom. The van der Waals surface area contributed by atoms with Crippen LogP contribution in [0.1, 0.15) is 29.3 Å². The van der Waals surface area contributed by atoms with Gasteiger partial charge in [-0.25, -0.2) is 0 Å². The van der Waals surface area contributed by atoms with Crippen LogP contribution < -0.4 is 10.6 Å². The molecule has 0 unspecified atom stereocenters. The minimum Gasteiger partial charge on any atom is -0.372 e. The van der Waals surface area contributed by atoms with Crippen LogP contribution in [0.5, 0.6) is 0 Å². The number of nitrogens with zero attached hydrogens (tertiary/aromatic N) is 4. The first-order valence-corrected chi connectivity index (χ1v) is 7.05. The number of nitrogens with one attached hydrogen (secondary N) is 2. The number of carbonyl (C=O) groups is 1. The van der Waals surface area contributed by atoms with E-state index < -0.39 is 0 Å². The Hall–Kier alpha value is -2.09. The summed E-state index contributed by atoms with van der Waals surface area (Å²) in [5, 5.41) is 22.6. The van der Waals surface area contributed by atoms with E-state index >= 15 is 0 Å². The van der Waals surface area contributed by atoms with Gasteiger partial charge in [-0.15, -0.1) is 20.4 Å². The number of aromatic nitrogens is 4. The molecule has 2 N–H and O–H groups in total. The Kier molecular flexibility index (Phi) is 4.57. The molecule has 0 saturated carbocycles. The van der Waals surface area contributed by atoms with Crippen molar-refractivity contribution in [3.63, 3.8) is 0 Å². The van der Waals surface area contributed by atoms with Crippen molar-refractivity contribution in [2.45, 2.75) is 20.3 Å². The van der Waals surface area contributed by atoms with Gasteiger partial charge in [0.25, 0.3) is 5.91 Å². The largest absolute Gasteiger partial charge is 0.372 e. The van der Waals surface area contributed by atoms with Crippen molar-refractivity contribution in [1.29, 1.82) is 0 Å². The quantitative estimate of drug-likeness (QED) is 0.873. The molecule has 0 atom stereocenters. The van der Waals surface area contributed by atoms with Crippen molar-refractivity contribution in [1.82, 2.24) is 20.4 Å². The second-order valence-corrected chi connectivity index (χ2v) is 5.67. The van der Waals surface area contributed by atoms with Crippen LogP contribution in [-0.2, 0) is 6.42 Å². The van der Waals surface area contributed by atoms with Crippen molar-refractivity contribution in [2.75, 3.05) is 17.7 Å². The summed E-state index contributed by atoms with van der Waals surface area (Å²) in [7, 11) is 1.74. The fourth-order valence-corrected chi connectivity index (χ4v) is 2.43. The van der Waals surface area contributed by atoms with E-state index in [1.165, 1.54) is 11.3 Å². The molecular formula is C12H16N6OS. The van der Waals surface area contributed by atoms with Crippen molar-refractivity contribution in [3.05, 3.63) is 22.8 Å². The molecule has 0 spiro atoms. The third kappa shape index (κ3) is 3.70. The van der Waals surface area contributed by atoms with Crippen molar-refractivity contribution >= 4 is 28.2 Å². The number of hydrogen-bond acceptors (Lipinski definition) is 7. The fourth-order valence-electron chi connectivity index (χ4n) is 1.48. The van der Waals surface area contributed by atoms with Crippen LogP contribution in [0, 0.1) is 5.92 Å². The average Bonchev–Trinajstić information content (AvgIpc) is 2.85. The predicted octanol–water partition coefficient (Wildman–Crippen LogP) is 1.82. The first-order valence-electron chi connectivity index (χ1n) is 6.23. The third-order valence-electron chi connectivity index (χ3n) is 2.42. The van der Waals surface area contributed by atoms with Gasteiger partial charge in [0.05, 0.1) is 0 Å². The Morgan fingerprint density at radius 1 is 1.25 bits per heavy atom. The first kappa shape index (κ1) is 14.3. The molecule has 0 radical (unpaired) electrons. The molecule has 2 aromatic rings. The Labute approximate surface area is 120 Å². The highest BCUT2D eigenvalue weighted by atomic mass is 32.1. The molecule has 0 aliphatic heterocycles. The summed E-state index contributed by atoms with van der Waals surface area (Å²) in [5.41, 5.74) is 0.240. The number of hydrogen-bond donors (Lipinski definition) is 2. The summed E-state index contributed by atoms with van der Waals surface area (Å²) in [5.74, 6) is 0.774. The van der Waals surface area contributed by atoms with E-state index in [9.17, 15) is 4.79 Å². The summed E-state index contributed by atoms with van der Waals surface area (Å²) in [4.78, 5) is 12.0. The number of rotatable bonds is 5. The maximum absolute atomic E-state index is 12.0. The molecule has 2 heterocycles. The van der Waals surface area contributed by atoms with E-state index in [4.69, 9.17) is 0 Å². The van der Waals surface area contributed by atoms with E-state index in [0.29, 0.717) is 16.9 Å². The van der Waals surface area contributed by atoms with E-state index in [2.05, 4.69) is 44.9 Å². The summed E-state index contributed by atoms with van der Waals surface area (Å²) < 4.78 is 0. The monoisotopic (exact) mass is 292 g/mol. The van der Waals surface area contributed by atoms with Gasteiger partial charge < -0.3 is 5.32 Å². The van der Waals surface area contributed by atoms with E-state index in [0.717, 1.165) is 11.4 Å². The zero-order valence-corrected chi connectivity index (χ0v) is 12.4. The summed E-state index contributed by atoms with van der Waals surface area (Å²) >= 11 is 1.38. The van der Waals surface area contributed by atoms with Gasteiger partial charge in [0.2, 0.25) is 5.13 Å². The second kappa shape index (κ2) is 6.38. The Morgan fingerprint density at radius 3 is 2.65 bits per heavy atom. The van der Waals surface area contributed by atoms with Gasteiger partial charge in [-0.2, -0.15) is 0 Å². The molecule has 20 heavy (non-hydrogen) atoms. The standard InChI is InChI=1S/C12H16N6OS/c1-7(2)6-10-17-18-12(20-10)14-11(19)8-4-5-9(13-3)16-15-8/h4-5,7H,6H2,1-3H3,(H,13,16)(H,14,18,19). The van der Waals surface area contributed by atoms with Gasteiger partial charge in [0.1, 0.15) is 10.8 Å². The lowest BCUT2D eigenvalue weighted by Crippen LogP contribution is -2.14. The second-order valence-electron chi connectivity index (χ2n) is 4.61. The molecular weight excluding hydrogens is 276 g/mol. The van der Waals surface area contributed by atoms with Crippen molar-refractivity contribution in [3.8, 4) is 0 Å². The summed E-state index contributed by atoms with van der Waals surface area (Å²) in [6, 6.07) is 3.29. The lowest BCUT2D eigenvalue weighted by molar-refractivity contribution is 0.102. The van der Waals surface area contributed by atoms with Crippen LogP contribution in [0.2, 0.25) is 0 Å². The van der Waals surface area contributed by atoms with Crippen molar-refractivity contribution in [2.24, 2.45) is 5.92 Å². The first-order chi connectivity index (χ1) is 9.58. The maximum atomic E-state index is 12.0. The molecule has 0 aliphatic carbocycles. The van der Waals surface area contributed by atoms with Gasteiger partial charge in [0.15, 0.2) is 5.69 Å². The summed E-state index contributed by atoms with van der Waals surface area (Å²) in [6.07, 6.45) is 0.851. The smallest absolute Gasteiger partial charge is 0.278 e. The zero-order chi connectivity index (χ0) is 14.5. The van der Waals surface area contributed by atoms with Crippen LogP contribution in [-0.4, -0.2) is 33.3 Å². The number of carbonyl (C=O) groups excluding carboxylic acids is 1. The van der Waals surface area contributed by atoms with Crippen LogP contribution in [0.3, 0.4) is 0 Å². The molecule has 0 fully saturated rings. The number of amides is 1. The van der Waals surface area contributed by atoms with E-state index in [-0.39, 0.29) is 11.6 Å². The van der Waals surface area contributed by atoms with Gasteiger partial charge >= 0.3 is 0 Å². The lowest BCUT2D eigenvalue weighted by atomic mass is 10.1. The molecule has 1 amide bonds. The highest BCUT2D eigenvalue weighted by Gasteiger charge is 2.12. The molecule has 2 aromatic heterocycles. The van der Waals surface area contributed by atoms with Crippen molar-refractivity contribution < 1.29 is 4.79 Å². The van der Waals surface area contributed by atoms with Gasteiger partial charge in [-0.3, -0.25) is 10.1 Å². The van der Waals surface area contributed by atoms with Crippen LogP contribution in [0.25, 0.3) is 0 Å². The molecule has 0 aliphatic rings. The Bertz CT molecular complexity index is 580.